The van der Waals surface area contributed by atoms with E-state index < -0.39 is 0 Å². The van der Waals surface area contributed by atoms with Crippen LogP contribution in [0.15, 0.2) is 30.4 Å². The summed E-state index contributed by atoms with van der Waals surface area (Å²) in [4.78, 5) is 0. The lowest BCUT2D eigenvalue weighted by atomic mass is 9.69. The van der Waals surface area contributed by atoms with Gasteiger partial charge in [0.05, 0.1) is 0 Å². The van der Waals surface area contributed by atoms with Crippen LogP contribution in [-0.4, -0.2) is 0 Å². The van der Waals surface area contributed by atoms with E-state index in [2.05, 4.69) is 38.1 Å². The molecule has 29 heavy (non-hydrogen) atoms. The van der Waals surface area contributed by atoms with Gasteiger partial charge in [-0.15, -0.1) is 0 Å². The minimum atomic E-state index is 0.0427. The maximum absolute atomic E-state index is 14.9. The highest BCUT2D eigenvalue weighted by atomic mass is 19.1. The van der Waals surface area contributed by atoms with Gasteiger partial charge in [-0.1, -0.05) is 76.7 Å². The van der Waals surface area contributed by atoms with Crippen molar-refractivity contribution in [1.29, 1.82) is 0 Å². The van der Waals surface area contributed by atoms with Crippen molar-refractivity contribution in [2.45, 2.75) is 110 Å². The normalized spacial score (nSPS) is 25.8. The molecule has 1 saturated carbocycles. The number of aryl methyl sites for hydroxylation is 1. The summed E-state index contributed by atoms with van der Waals surface area (Å²) in [5.41, 5.74) is 2.20. The van der Waals surface area contributed by atoms with Gasteiger partial charge in [0.2, 0.25) is 0 Å². The molecule has 0 bridgehead atoms. The molecule has 0 heterocycles. The summed E-state index contributed by atoms with van der Waals surface area (Å²) in [5.74, 6) is 3.07. The van der Waals surface area contributed by atoms with Gasteiger partial charge >= 0.3 is 0 Å². The Morgan fingerprint density at radius 2 is 1.72 bits per heavy atom. The lowest BCUT2D eigenvalue weighted by Crippen LogP contribution is -2.23. The standard InChI is InChI=1S/C28H43F/c1-3-5-10-22-14-16-24(17-15-22)27(20-23-11-8-7-9-12-23)26-19-18-25(13-6-4-2)28(29)21-26/h7-8,18-19,21-24,27H,3-6,9-17,20H2,1-2H3. The predicted molar refractivity (Wildman–Crippen MR) is 124 cm³/mol. The molecular weight excluding hydrogens is 355 g/mol. The zero-order valence-electron chi connectivity index (χ0n) is 19.0. The molecule has 0 nitrogen and oxygen atoms in total. The minimum absolute atomic E-state index is 0.0427. The van der Waals surface area contributed by atoms with Crippen molar-refractivity contribution in [3.05, 3.63) is 47.3 Å². The van der Waals surface area contributed by atoms with E-state index in [1.54, 1.807) is 0 Å². The molecule has 1 heteroatoms. The quantitative estimate of drug-likeness (QED) is 0.345. The Morgan fingerprint density at radius 3 is 2.38 bits per heavy atom. The third kappa shape index (κ3) is 6.69. The van der Waals surface area contributed by atoms with E-state index >= 15 is 0 Å². The first-order valence-electron chi connectivity index (χ1n) is 12.6. The number of halogens is 1. The summed E-state index contributed by atoms with van der Waals surface area (Å²) in [6, 6.07) is 6.29. The molecule has 2 unspecified atom stereocenters. The summed E-state index contributed by atoms with van der Waals surface area (Å²) in [6.45, 7) is 4.48. The Kier molecular flexibility index (Phi) is 9.28. The highest BCUT2D eigenvalue weighted by Gasteiger charge is 2.30. The second-order valence-electron chi connectivity index (χ2n) is 9.87. The molecule has 3 rings (SSSR count). The second-order valence-corrected chi connectivity index (χ2v) is 9.87. The van der Waals surface area contributed by atoms with Gasteiger partial charge in [-0.2, -0.15) is 0 Å². The molecule has 0 aromatic heterocycles. The average Bonchev–Trinajstić information content (AvgIpc) is 2.76. The zero-order chi connectivity index (χ0) is 20.5. The lowest BCUT2D eigenvalue weighted by molar-refractivity contribution is 0.210. The first kappa shape index (κ1) is 22.6. The van der Waals surface area contributed by atoms with Crippen molar-refractivity contribution >= 4 is 0 Å². The third-order valence-electron chi connectivity index (χ3n) is 7.70. The fourth-order valence-corrected chi connectivity index (χ4v) is 5.77. The van der Waals surface area contributed by atoms with E-state index in [4.69, 9.17) is 0 Å². The molecule has 2 aliphatic rings. The molecule has 0 radical (unpaired) electrons. The zero-order valence-corrected chi connectivity index (χ0v) is 19.0. The van der Waals surface area contributed by atoms with Gasteiger partial charge in [-0.25, -0.2) is 4.39 Å². The minimum Gasteiger partial charge on any atom is -0.207 e. The summed E-state index contributed by atoms with van der Waals surface area (Å²) < 4.78 is 14.9. The van der Waals surface area contributed by atoms with Crippen LogP contribution in [0, 0.1) is 23.6 Å². The molecule has 1 fully saturated rings. The maximum Gasteiger partial charge on any atom is 0.126 e. The number of hydrogen-bond donors (Lipinski definition) is 0. The van der Waals surface area contributed by atoms with Crippen LogP contribution in [0.25, 0.3) is 0 Å². The van der Waals surface area contributed by atoms with E-state index in [0.29, 0.717) is 5.92 Å². The van der Waals surface area contributed by atoms with Crippen LogP contribution < -0.4 is 0 Å². The number of unbranched alkanes of at least 4 members (excludes halogenated alkanes) is 2. The van der Waals surface area contributed by atoms with Crippen molar-refractivity contribution in [2.24, 2.45) is 17.8 Å². The van der Waals surface area contributed by atoms with Crippen molar-refractivity contribution in [1.82, 2.24) is 0 Å². The monoisotopic (exact) mass is 398 g/mol. The van der Waals surface area contributed by atoms with Gasteiger partial charge in [0, 0.05) is 0 Å². The Bertz CT molecular complexity index is 623. The maximum atomic E-state index is 14.9. The summed E-state index contributed by atoms with van der Waals surface area (Å²) in [6.07, 6.45) is 22.4. The number of benzene rings is 1. The number of hydrogen-bond acceptors (Lipinski definition) is 0. The molecule has 162 valence electrons. The largest absolute Gasteiger partial charge is 0.207 e. The van der Waals surface area contributed by atoms with E-state index in [0.717, 1.165) is 42.6 Å². The average molecular weight is 399 g/mol. The van der Waals surface area contributed by atoms with Crippen LogP contribution in [0.2, 0.25) is 0 Å². The molecule has 2 atom stereocenters. The topological polar surface area (TPSA) is 0 Å². The van der Waals surface area contributed by atoms with Crippen LogP contribution in [0.5, 0.6) is 0 Å². The van der Waals surface area contributed by atoms with Crippen molar-refractivity contribution in [3.63, 3.8) is 0 Å². The first-order valence-corrected chi connectivity index (χ1v) is 12.6. The van der Waals surface area contributed by atoms with Crippen LogP contribution >= 0.6 is 0 Å². The Balaban J connectivity index is 1.71. The fourth-order valence-electron chi connectivity index (χ4n) is 5.77. The molecular formula is C28H43F. The van der Waals surface area contributed by atoms with Crippen molar-refractivity contribution in [3.8, 4) is 0 Å². The van der Waals surface area contributed by atoms with Crippen LogP contribution in [0.1, 0.15) is 114 Å². The Hall–Kier alpha value is -1.11. The Labute approximate surface area is 179 Å². The van der Waals surface area contributed by atoms with Gasteiger partial charge in [0.25, 0.3) is 0 Å². The summed E-state index contributed by atoms with van der Waals surface area (Å²) in [7, 11) is 0. The SMILES string of the molecule is CCCCc1ccc(C(CC2CC=CCC2)C2CCC(CCCC)CC2)cc1F. The van der Waals surface area contributed by atoms with E-state index in [-0.39, 0.29) is 5.82 Å². The van der Waals surface area contributed by atoms with Crippen molar-refractivity contribution in [2.75, 3.05) is 0 Å². The number of rotatable bonds is 10. The molecule has 0 saturated heterocycles. The highest BCUT2D eigenvalue weighted by molar-refractivity contribution is 5.28. The molecule has 0 amide bonds. The summed E-state index contributed by atoms with van der Waals surface area (Å²) >= 11 is 0. The first-order chi connectivity index (χ1) is 14.2. The lowest BCUT2D eigenvalue weighted by Gasteiger charge is -2.36. The molecule has 0 N–H and O–H groups in total. The fraction of sp³-hybridized carbons (Fsp3) is 0.714. The third-order valence-corrected chi connectivity index (χ3v) is 7.70. The van der Waals surface area contributed by atoms with Gasteiger partial charge < -0.3 is 0 Å². The molecule has 2 aliphatic carbocycles. The van der Waals surface area contributed by atoms with Crippen molar-refractivity contribution < 1.29 is 4.39 Å². The van der Waals surface area contributed by atoms with Gasteiger partial charge in [-0.3, -0.25) is 0 Å². The smallest absolute Gasteiger partial charge is 0.126 e. The predicted octanol–water partition coefficient (Wildman–Crippen LogP) is 8.99. The van der Waals surface area contributed by atoms with E-state index in [1.807, 2.05) is 6.07 Å². The van der Waals surface area contributed by atoms with E-state index in [9.17, 15) is 4.39 Å². The number of allylic oxidation sites excluding steroid dienone is 2. The molecule has 0 spiro atoms. The van der Waals surface area contributed by atoms with Gasteiger partial charge in [0.1, 0.15) is 5.82 Å². The van der Waals surface area contributed by atoms with Crippen LogP contribution in [-0.2, 0) is 6.42 Å². The summed E-state index contributed by atoms with van der Waals surface area (Å²) in [5, 5.41) is 0. The molecule has 1 aromatic carbocycles. The second kappa shape index (κ2) is 11.9. The van der Waals surface area contributed by atoms with Crippen LogP contribution in [0.3, 0.4) is 0 Å². The van der Waals surface area contributed by atoms with Gasteiger partial charge in [-0.05, 0) is 92.2 Å². The van der Waals surface area contributed by atoms with E-state index in [1.165, 1.54) is 76.2 Å². The molecule has 0 aliphatic heterocycles. The van der Waals surface area contributed by atoms with Crippen LogP contribution in [0.4, 0.5) is 4.39 Å². The highest BCUT2D eigenvalue weighted by Crippen LogP contribution is 2.44. The van der Waals surface area contributed by atoms with Gasteiger partial charge in [0.15, 0.2) is 0 Å². The Morgan fingerprint density at radius 1 is 0.931 bits per heavy atom. The molecule has 1 aromatic rings.